The van der Waals surface area contributed by atoms with Gasteiger partial charge in [-0.15, -0.1) is 0 Å². The van der Waals surface area contributed by atoms with Crippen LogP contribution in [0.25, 0.3) is 21.7 Å². The fourth-order valence-corrected chi connectivity index (χ4v) is 4.06. The second-order valence-electron chi connectivity index (χ2n) is 7.87. The first-order valence-corrected chi connectivity index (χ1v) is 10.4. The minimum absolute atomic E-state index is 0.0931. The molecule has 0 saturated carbocycles. The van der Waals surface area contributed by atoms with E-state index < -0.39 is 5.91 Å². The number of rotatable bonds is 5. The molecule has 2 aromatic carbocycles. The second-order valence-corrected chi connectivity index (χ2v) is 7.87. The number of nitrogens with one attached hydrogen (secondary N) is 1. The Hall–Kier alpha value is -4.66. The van der Waals surface area contributed by atoms with Crippen LogP contribution in [0.2, 0.25) is 0 Å². The molecular weight excluding hydrogens is 439 g/mol. The summed E-state index contributed by atoms with van der Waals surface area (Å²) in [6.45, 7) is 0.299. The van der Waals surface area contributed by atoms with Gasteiger partial charge in [-0.2, -0.15) is 4.73 Å². The summed E-state index contributed by atoms with van der Waals surface area (Å²) in [4.78, 5) is 17.5. The van der Waals surface area contributed by atoms with Crippen LogP contribution in [0.3, 0.4) is 0 Å². The SMILES string of the molecule is O=C(NCc1ccc[n+]([O-])c1)c1c2cccnc2c(O)c2c(O)n(Cc3ccc(F)cc3)cc12. The van der Waals surface area contributed by atoms with Gasteiger partial charge < -0.3 is 25.3 Å². The number of nitrogens with zero attached hydrogens (tertiary/aromatic N) is 3. The zero-order chi connectivity index (χ0) is 23.8. The number of phenolic OH excluding ortho intramolecular Hbond substituents is 1. The Kier molecular flexibility index (Phi) is 5.21. The van der Waals surface area contributed by atoms with Crippen molar-refractivity contribution >= 4 is 27.6 Å². The molecule has 1 amide bonds. The maximum atomic E-state index is 13.3. The normalized spacial score (nSPS) is 11.2. The minimum Gasteiger partial charge on any atom is -0.619 e. The number of benzene rings is 2. The minimum atomic E-state index is -0.455. The summed E-state index contributed by atoms with van der Waals surface area (Å²) in [6, 6.07) is 12.4. The number of hydrogen-bond donors (Lipinski definition) is 3. The lowest BCUT2D eigenvalue weighted by Crippen LogP contribution is -2.28. The van der Waals surface area contributed by atoms with Gasteiger partial charge in [0.05, 0.1) is 17.5 Å². The van der Waals surface area contributed by atoms with Gasteiger partial charge in [-0.1, -0.05) is 18.2 Å². The maximum Gasteiger partial charge on any atom is 0.252 e. The smallest absolute Gasteiger partial charge is 0.252 e. The summed E-state index contributed by atoms with van der Waals surface area (Å²) in [7, 11) is 0. The van der Waals surface area contributed by atoms with Crippen molar-refractivity contribution in [3.05, 3.63) is 101 Å². The van der Waals surface area contributed by atoms with Crippen LogP contribution >= 0.6 is 0 Å². The van der Waals surface area contributed by atoms with Crippen LogP contribution in [0.4, 0.5) is 4.39 Å². The molecule has 3 N–H and O–H groups in total. The predicted molar refractivity (Wildman–Crippen MR) is 123 cm³/mol. The lowest BCUT2D eigenvalue weighted by Gasteiger charge is -2.11. The molecule has 0 saturated heterocycles. The third-order valence-electron chi connectivity index (χ3n) is 5.64. The number of hydrogen-bond acceptors (Lipinski definition) is 5. The van der Waals surface area contributed by atoms with Crippen LogP contribution in [-0.4, -0.2) is 25.7 Å². The molecule has 0 bridgehead atoms. The van der Waals surface area contributed by atoms with E-state index in [1.807, 2.05) is 0 Å². The van der Waals surface area contributed by atoms with Crippen LogP contribution < -0.4 is 10.0 Å². The first-order chi connectivity index (χ1) is 16.4. The molecule has 5 rings (SSSR count). The summed E-state index contributed by atoms with van der Waals surface area (Å²) in [6.07, 6.45) is 5.76. The van der Waals surface area contributed by atoms with Crippen molar-refractivity contribution in [2.75, 3.05) is 0 Å². The number of pyridine rings is 2. The van der Waals surface area contributed by atoms with Crippen molar-refractivity contribution in [3.8, 4) is 11.6 Å². The van der Waals surface area contributed by atoms with Gasteiger partial charge in [-0.25, -0.2) is 4.39 Å². The summed E-state index contributed by atoms with van der Waals surface area (Å²) in [5, 5.41) is 37.0. The van der Waals surface area contributed by atoms with E-state index in [-0.39, 0.29) is 47.0 Å². The van der Waals surface area contributed by atoms with Gasteiger partial charge in [-0.05, 0) is 29.8 Å². The number of aromatic nitrogens is 3. The highest BCUT2D eigenvalue weighted by Gasteiger charge is 2.24. The number of fused-ring (bicyclic) bond motifs is 2. The highest BCUT2D eigenvalue weighted by atomic mass is 19.1. The zero-order valence-electron chi connectivity index (χ0n) is 17.8. The molecule has 3 heterocycles. The molecule has 0 aliphatic rings. The van der Waals surface area contributed by atoms with Crippen molar-refractivity contribution < 1.29 is 24.1 Å². The van der Waals surface area contributed by atoms with E-state index in [0.717, 1.165) is 5.56 Å². The van der Waals surface area contributed by atoms with Crippen molar-refractivity contribution in [2.45, 2.75) is 13.1 Å². The highest BCUT2D eigenvalue weighted by molar-refractivity contribution is 6.21. The Morgan fingerprint density at radius 1 is 1.09 bits per heavy atom. The summed E-state index contributed by atoms with van der Waals surface area (Å²) in [5.74, 6) is -1.31. The average Bonchev–Trinajstić information content (AvgIpc) is 3.15. The fraction of sp³-hybridized carbons (Fsp3) is 0.0800. The number of aromatic hydroxyl groups is 2. The molecule has 9 heteroatoms. The van der Waals surface area contributed by atoms with Crippen LogP contribution in [0.15, 0.2) is 73.3 Å². The van der Waals surface area contributed by atoms with Crippen molar-refractivity contribution in [1.29, 1.82) is 0 Å². The quantitative estimate of drug-likeness (QED) is 0.276. The van der Waals surface area contributed by atoms with E-state index in [2.05, 4.69) is 10.3 Å². The van der Waals surface area contributed by atoms with Gasteiger partial charge in [0.25, 0.3) is 5.91 Å². The molecule has 0 fully saturated rings. The largest absolute Gasteiger partial charge is 0.619 e. The van der Waals surface area contributed by atoms with Gasteiger partial charge in [0, 0.05) is 41.3 Å². The lowest BCUT2D eigenvalue weighted by atomic mass is 10.0. The van der Waals surface area contributed by atoms with Crippen molar-refractivity contribution in [1.82, 2.24) is 14.9 Å². The molecule has 0 unspecified atom stereocenters. The van der Waals surface area contributed by atoms with E-state index in [9.17, 15) is 24.6 Å². The molecule has 0 radical (unpaired) electrons. The molecule has 0 spiro atoms. The number of carbonyl (C=O) groups excluding carboxylic acids is 1. The van der Waals surface area contributed by atoms with E-state index in [0.29, 0.717) is 21.1 Å². The summed E-state index contributed by atoms with van der Waals surface area (Å²) >= 11 is 0. The Balaban J connectivity index is 1.62. The summed E-state index contributed by atoms with van der Waals surface area (Å²) in [5.41, 5.74) is 1.74. The lowest BCUT2D eigenvalue weighted by molar-refractivity contribution is -0.605. The zero-order valence-corrected chi connectivity index (χ0v) is 17.8. The Morgan fingerprint density at radius 2 is 1.88 bits per heavy atom. The van der Waals surface area contributed by atoms with Gasteiger partial charge in [0.2, 0.25) is 5.88 Å². The summed E-state index contributed by atoms with van der Waals surface area (Å²) < 4.78 is 15.4. The van der Waals surface area contributed by atoms with Crippen molar-refractivity contribution in [3.63, 3.8) is 0 Å². The van der Waals surface area contributed by atoms with E-state index in [1.165, 1.54) is 35.3 Å². The Bertz CT molecular complexity index is 1550. The number of phenols is 1. The average molecular weight is 458 g/mol. The topological polar surface area (TPSA) is 114 Å². The van der Waals surface area contributed by atoms with Gasteiger partial charge in [0.1, 0.15) is 11.3 Å². The molecule has 170 valence electrons. The third kappa shape index (κ3) is 3.73. The van der Waals surface area contributed by atoms with Gasteiger partial charge >= 0.3 is 0 Å². The number of halogens is 1. The highest BCUT2D eigenvalue weighted by Crippen LogP contribution is 2.42. The number of carbonyl (C=O) groups is 1. The Labute approximate surface area is 192 Å². The second kappa shape index (κ2) is 8.36. The molecule has 8 nitrogen and oxygen atoms in total. The fourth-order valence-electron chi connectivity index (χ4n) is 4.06. The van der Waals surface area contributed by atoms with Crippen LogP contribution in [0.1, 0.15) is 21.5 Å². The van der Waals surface area contributed by atoms with Gasteiger partial charge in [-0.3, -0.25) is 9.78 Å². The Morgan fingerprint density at radius 3 is 2.65 bits per heavy atom. The molecular formula is C25H19FN4O4. The molecule has 5 aromatic rings. The van der Waals surface area contributed by atoms with E-state index >= 15 is 0 Å². The predicted octanol–water partition coefficient (Wildman–Crippen LogP) is 3.35. The molecule has 34 heavy (non-hydrogen) atoms. The molecule has 0 aliphatic carbocycles. The monoisotopic (exact) mass is 458 g/mol. The van der Waals surface area contributed by atoms with Crippen LogP contribution in [0, 0.1) is 11.0 Å². The standard InChI is InChI=1S/C25H19FN4O4/c26-17-7-5-15(6-8-17)12-29-14-19-20(24(32)28-11-16-3-2-10-30(34)13-16)18-4-1-9-27-22(18)23(31)21(19)25(29)33/h1-10,13-14,31,33H,11-12H2,(H,28,32). The first kappa shape index (κ1) is 21.2. The van der Waals surface area contributed by atoms with E-state index in [1.54, 1.807) is 42.6 Å². The molecule has 0 aliphatic heterocycles. The third-order valence-corrected chi connectivity index (χ3v) is 5.64. The van der Waals surface area contributed by atoms with Gasteiger partial charge in [0.15, 0.2) is 18.1 Å². The number of amides is 1. The molecule has 3 aromatic heterocycles. The van der Waals surface area contributed by atoms with E-state index in [4.69, 9.17) is 0 Å². The van der Waals surface area contributed by atoms with Crippen molar-refractivity contribution in [2.24, 2.45) is 0 Å². The van der Waals surface area contributed by atoms with Crippen LogP contribution in [0.5, 0.6) is 11.6 Å². The first-order valence-electron chi connectivity index (χ1n) is 10.4. The van der Waals surface area contributed by atoms with Crippen LogP contribution in [-0.2, 0) is 13.1 Å². The molecule has 0 atom stereocenters. The maximum absolute atomic E-state index is 13.3.